The summed E-state index contributed by atoms with van der Waals surface area (Å²) in [5, 5.41) is 0. The summed E-state index contributed by atoms with van der Waals surface area (Å²) in [5.41, 5.74) is 49.2. The maximum Gasteiger partial charge on any atom is 0.0159 e. The molecule has 0 heteroatoms. The van der Waals surface area contributed by atoms with E-state index in [1.807, 2.05) is 0 Å². The van der Waals surface area contributed by atoms with Gasteiger partial charge in [0, 0.05) is 16.2 Å². The summed E-state index contributed by atoms with van der Waals surface area (Å²) in [6.07, 6.45) is 0. The summed E-state index contributed by atoms with van der Waals surface area (Å²) in [7, 11) is 0. The van der Waals surface area contributed by atoms with Crippen molar-refractivity contribution in [3.8, 4) is 77.9 Å². The lowest BCUT2D eigenvalue weighted by Crippen LogP contribution is -2.15. The molecule has 0 bridgehead atoms. The Kier molecular flexibility index (Phi) is 35.1. The normalized spacial score (nSPS) is 13.2. The van der Waals surface area contributed by atoms with Crippen molar-refractivity contribution in [3.63, 3.8) is 0 Å². The molecule has 0 atom stereocenters. The molecular formula is C135H166. The molecule has 0 nitrogen and oxygen atoms in total. The maximum atomic E-state index is 2.43. The second-order valence-electron chi connectivity index (χ2n) is 44.6. The molecular weight excluding hydrogens is 1620 g/mol. The second-order valence-corrected chi connectivity index (χ2v) is 44.6. The van der Waals surface area contributed by atoms with E-state index in [9.17, 15) is 0 Å². The van der Waals surface area contributed by atoms with Crippen molar-refractivity contribution in [2.75, 3.05) is 0 Å². The topological polar surface area (TPSA) is 0 Å². The lowest BCUT2D eigenvalue weighted by molar-refractivity contribution is 0.657. The van der Waals surface area contributed by atoms with Crippen molar-refractivity contribution in [2.45, 2.75) is 335 Å². The Morgan fingerprint density at radius 3 is 0.756 bits per heavy atom. The van der Waals surface area contributed by atoms with Gasteiger partial charge in [0.05, 0.1) is 0 Å². The number of fused-ring (bicyclic) bond motifs is 9. The largest absolute Gasteiger partial charge is 0.0619 e. The Labute approximate surface area is 821 Å². The molecule has 0 amide bonds. The van der Waals surface area contributed by atoms with E-state index in [2.05, 4.69) is 539 Å². The van der Waals surface area contributed by atoms with Crippen LogP contribution in [-0.4, -0.2) is 0 Å². The predicted octanol–water partition coefficient (Wildman–Crippen LogP) is 41.1. The zero-order valence-electron chi connectivity index (χ0n) is 89.5. The molecule has 0 fully saturated rings. The van der Waals surface area contributed by atoms with Crippen LogP contribution in [-0.2, 0) is 16.2 Å². The van der Waals surface area contributed by atoms with Gasteiger partial charge in [-0.15, -0.1) is 0 Å². The average molecular weight is 1790 g/mol. The van der Waals surface area contributed by atoms with E-state index in [4.69, 9.17) is 0 Å². The zero-order valence-corrected chi connectivity index (χ0v) is 89.5. The van der Waals surface area contributed by atoms with Gasteiger partial charge in [0.25, 0.3) is 0 Å². The molecule has 14 aromatic rings. The van der Waals surface area contributed by atoms with Crippen LogP contribution in [0.4, 0.5) is 0 Å². The molecule has 0 spiro atoms. The number of rotatable bonds is 18. The van der Waals surface area contributed by atoms with Crippen LogP contribution in [0.2, 0.25) is 0 Å². The van der Waals surface area contributed by atoms with Crippen LogP contribution in [0.25, 0.3) is 77.9 Å². The van der Waals surface area contributed by atoms with Gasteiger partial charge < -0.3 is 0 Å². The third-order valence-corrected chi connectivity index (χ3v) is 29.0. The molecule has 0 saturated carbocycles. The fourth-order valence-electron chi connectivity index (χ4n) is 20.5. The molecule has 706 valence electrons. The minimum Gasteiger partial charge on any atom is -0.0619 e. The van der Waals surface area contributed by atoms with Crippen molar-refractivity contribution in [1.82, 2.24) is 0 Å². The summed E-state index contributed by atoms with van der Waals surface area (Å²) in [6, 6.07) is 112. The van der Waals surface area contributed by atoms with Crippen molar-refractivity contribution < 1.29 is 0 Å². The second kappa shape index (κ2) is 45.4. The van der Waals surface area contributed by atoms with Gasteiger partial charge in [0.1, 0.15) is 0 Å². The highest BCUT2D eigenvalue weighted by atomic mass is 14.4. The lowest BCUT2D eigenvalue weighted by Gasteiger charge is -2.22. The zero-order chi connectivity index (χ0) is 98.6. The van der Waals surface area contributed by atoms with E-state index in [0.29, 0.717) is 82.9 Å². The Morgan fingerprint density at radius 2 is 0.385 bits per heavy atom. The monoisotopic (exact) mass is 1790 g/mol. The summed E-state index contributed by atoms with van der Waals surface area (Å²) in [4.78, 5) is 0. The first kappa shape index (κ1) is 105. The van der Waals surface area contributed by atoms with E-state index in [1.165, 1.54) is 189 Å². The van der Waals surface area contributed by atoms with Crippen molar-refractivity contribution >= 4 is 0 Å². The quantitative estimate of drug-likeness (QED) is 0.0803. The Hall–Kier alpha value is -10.9. The van der Waals surface area contributed by atoms with E-state index < -0.39 is 0 Å². The fourth-order valence-corrected chi connectivity index (χ4v) is 20.5. The van der Waals surface area contributed by atoms with Gasteiger partial charge in [-0.25, -0.2) is 0 Å². The molecule has 0 radical (unpaired) electrons. The molecule has 0 N–H and O–H groups in total. The van der Waals surface area contributed by atoms with Gasteiger partial charge in [0.2, 0.25) is 0 Å². The van der Waals surface area contributed by atoms with Crippen LogP contribution in [0.15, 0.2) is 303 Å². The minimum atomic E-state index is 0.112. The Morgan fingerprint density at radius 1 is 0.133 bits per heavy atom. The van der Waals surface area contributed by atoms with Crippen LogP contribution in [0, 0.1) is 0 Å². The maximum absolute atomic E-state index is 2.43. The molecule has 0 aliphatic heterocycles. The van der Waals surface area contributed by atoms with Crippen LogP contribution in [0.5, 0.6) is 0 Å². The molecule has 0 saturated heterocycles. The minimum absolute atomic E-state index is 0.112. The van der Waals surface area contributed by atoms with E-state index >= 15 is 0 Å². The van der Waals surface area contributed by atoms with E-state index in [0.717, 1.165) is 0 Å². The van der Waals surface area contributed by atoms with E-state index in [1.54, 1.807) is 0 Å². The van der Waals surface area contributed by atoms with E-state index in [-0.39, 0.29) is 16.2 Å². The average Bonchev–Trinajstić information content (AvgIpc) is 1.57. The third-order valence-electron chi connectivity index (χ3n) is 29.0. The highest BCUT2D eigenvalue weighted by Gasteiger charge is 2.41. The number of hydrogen-bond acceptors (Lipinski definition) is 0. The summed E-state index contributed by atoms with van der Waals surface area (Å²) >= 11 is 0. The van der Waals surface area contributed by atoms with Crippen molar-refractivity contribution in [3.05, 3.63) is 415 Å². The number of benzene rings is 14. The predicted molar refractivity (Wildman–Crippen MR) is 597 cm³/mol. The summed E-state index contributed by atoms with van der Waals surface area (Å²) < 4.78 is 0. The van der Waals surface area contributed by atoms with Crippen LogP contribution in [0.1, 0.15) is 430 Å². The molecule has 0 unspecified atom stereocenters. The van der Waals surface area contributed by atoms with Gasteiger partial charge >= 0.3 is 0 Å². The number of hydrogen-bond donors (Lipinski definition) is 0. The Balaban J connectivity index is 0.000000152. The molecule has 3 aliphatic carbocycles. The molecule has 0 heterocycles. The fraction of sp³-hybridized carbons (Fsp3) is 0.378. The molecule has 3 aliphatic rings. The van der Waals surface area contributed by atoms with Gasteiger partial charge in [-0.05, 0) is 272 Å². The highest BCUT2D eigenvalue weighted by molar-refractivity contribution is 5.88. The Bertz CT molecular complexity index is 6140. The third kappa shape index (κ3) is 23.8. The summed E-state index contributed by atoms with van der Waals surface area (Å²) in [6.45, 7) is 77.6. The van der Waals surface area contributed by atoms with Crippen molar-refractivity contribution in [2.24, 2.45) is 0 Å². The van der Waals surface area contributed by atoms with Crippen LogP contribution < -0.4 is 0 Å². The first-order valence-electron chi connectivity index (χ1n) is 51.5. The molecule has 14 aromatic carbocycles. The van der Waals surface area contributed by atoms with Crippen LogP contribution >= 0.6 is 0 Å². The van der Waals surface area contributed by atoms with Gasteiger partial charge in [0.15, 0.2) is 0 Å². The van der Waals surface area contributed by atoms with Gasteiger partial charge in [-0.1, -0.05) is 539 Å². The SMILES string of the molecule is CC(C)c1ccc(-c2cccc(C(C)C)c2)cc1.CC(C)c1ccc(-c2ccccc2C(C)C)cc1.CC(C)c1ccc2c(c1)-c1c(C(C)C)cccc1C2(C)C.CC(C)c1ccc2c(c1)C(C)(C)c1cccc(C(C)C)c1-2.CC(C)c1cccc(-c2ccccc2C(C)C)c1.CC(C)c1cccc2c1-c1c(C(C)C)cccc1C2(C)C.CC(C)c1ccccc1-c1ccccc1C(C)C. The molecule has 0 aromatic heterocycles. The molecule has 135 heavy (non-hydrogen) atoms. The van der Waals surface area contributed by atoms with Crippen LogP contribution in [0.3, 0.4) is 0 Å². The molecule has 17 rings (SSSR count). The van der Waals surface area contributed by atoms with Gasteiger partial charge in [-0.2, -0.15) is 0 Å². The first-order valence-corrected chi connectivity index (χ1v) is 51.5. The van der Waals surface area contributed by atoms with Crippen molar-refractivity contribution in [1.29, 1.82) is 0 Å². The summed E-state index contributed by atoms with van der Waals surface area (Å²) in [5.74, 6) is 7.99. The highest BCUT2D eigenvalue weighted by Crippen LogP contribution is 2.56. The smallest absolute Gasteiger partial charge is 0.0159 e. The lowest BCUT2D eigenvalue weighted by atomic mass is 9.81. The first-order chi connectivity index (χ1) is 63.9. The van der Waals surface area contributed by atoms with Gasteiger partial charge in [-0.3, -0.25) is 0 Å². The standard InChI is InChI=1S/3C21H26.4C18H22/c1-13(2)15-9-7-11-17-19(15)20-16(14(3)4)10-8-12-18(20)21(17,5)6;1-13(2)15-10-11-18-17(12-15)20-16(14(3)4)8-7-9-19(20)21(18,5)6;1-13(2)15-10-11-17-19(12-15)21(5,6)18-9-7-8-16(14(3)4)20(17)18;1-13(2)15-9-5-7-11-17(15)18-12-8-6-10-16(18)14(3)4;1-13(2)15-8-7-9-16(12-15)18-11-6-5-10-17(18)14(3)4;1-13(2)15-8-10-16(11-9-15)18-7-5-6-17(12-18)14(3)4;1-13(2)15-9-11-16(12-10-15)18-8-6-5-7-17(18)14(3)4/h3*7-14H,1-6H3;4*5-14H,1-4H3.